The first-order chi connectivity index (χ1) is 8.30. The van der Waals surface area contributed by atoms with Crippen molar-refractivity contribution < 1.29 is 4.74 Å². The van der Waals surface area contributed by atoms with Gasteiger partial charge in [-0.3, -0.25) is 15.1 Å². The predicted octanol–water partition coefficient (Wildman–Crippen LogP) is 0.171. The van der Waals surface area contributed by atoms with Crippen LogP contribution in [0, 0.1) is 0 Å². The van der Waals surface area contributed by atoms with Crippen LogP contribution in [-0.4, -0.2) is 36.0 Å². The fourth-order valence-corrected chi connectivity index (χ4v) is 1.22. The van der Waals surface area contributed by atoms with Gasteiger partial charge in [0.25, 0.3) is 0 Å². The number of hydrogen-bond acceptors (Lipinski definition) is 4. The minimum Gasteiger partial charge on any atom is -0.383 e. The van der Waals surface area contributed by atoms with E-state index in [4.69, 9.17) is 10.6 Å². The van der Waals surface area contributed by atoms with E-state index in [0.717, 1.165) is 25.2 Å². The molecule has 0 saturated heterocycles. The molecule has 0 atom stereocenters. The number of hydrogen-bond donors (Lipinski definition) is 3. The molecule has 7 nitrogen and oxygen atoms in total. The fourth-order valence-electron chi connectivity index (χ4n) is 1.22. The second kappa shape index (κ2) is 7.64. The standard InChI is InChI=1S/C10H20N6O/c1-3-4-12-10(15-11)14-9-7-13-16(8-9)5-6-17-2/h7-8H,3-6,11H2,1-2H3,(H2,12,14,15). The van der Waals surface area contributed by atoms with Crippen molar-refractivity contribution in [3.8, 4) is 0 Å². The summed E-state index contributed by atoms with van der Waals surface area (Å²) in [6.07, 6.45) is 4.56. The summed E-state index contributed by atoms with van der Waals surface area (Å²) in [5, 5.41) is 7.22. The molecule has 0 aliphatic rings. The van der Waals surface area contributed by atoms with Crippen molar-refractivity contribution in [1.82, 2.24) is 15.2 Å². The number of aromatic nitrogens is 2. The third kappa shape index (κ3) is 4.83. The van der Waals surface area contributed by atoms with Crippen LogP contribution in [0.5, 0.6) is 0 Å². The molecule has 7 heteroatoms. The Kier molecular flexibility index (Phi) is 6.05. The van der Waals surface area contributed by atoms with Gasteiger partial charge in [0.15, 0.2) is 0 Å². The summed E-state index contributed by atoms with van der Waals surface area (Å²) in [5.41, 5.74) is 3.36. The van der Waals surface area contributed by atoms with E-state index in [1.807, 2.05) is 6.20 Å². The van der Waals surface area contributed by atoms with E-state index in [0.29, 0.717) is 12.6 Å². The quantitative estimate of drug-likeness (QED) is 0.285. The summed E-state index contributed by atoms with van der Waals surface area (Å²) in [5.74, 6) is 5.90. The summed E-state index contributed by atoms with van der Waals surface area (Å²) in [6, 6.07) is 0. The van der Waals surface area contributed by atoms with Crippen molar-refractivity contribution in [3.63, 3.8) is 0 Å². The van der Waals surface area contributed by atoms with Crippen LogP contribution < -0.4 is 16.6 Å². The minimum absolute atomic E-state index is 0.540. The molecule has 0 aliphatic heterocycles. The second-order valence-electron chi connectivity index (χ2n) is 3.48. The first-order valence-corrected chi connectivity index (χ1v) is 5.59. The van der Waals surface area contributed by atoms with Crippen LogP contribution in [0.15, 0.2) is 17.4 Å². The lowest BCUT2D eigenvalue weighted by atomic mass is 10.5. The van der Waals surface area contributed by atoms with Crippen LogP contribution in [0.25, 0.3) is 0 Å². The van der Waals surface area contributed by atoms with E-state index >= 15 is 0 Å². The molecule has 1 aromatic heterocycles. The average Bonchev–Trinajstić information content (AvgIpc) is 2.79. The van der Waals surface area contributed by atoms with Crippen LogP contribution in [0.1, 0.15) is 13.3 Å². The Morgan fingerprint density at radius 2 is 2.47 bits per heavy atom. The SMILES string of the molecule is CCCN=C(NN)Nc1cnn(CCOC)c1. The van der Waals surface area contributed by atoms with Gasteiger partial charge in [0, 0.05) is 19.9 Å². The fraction of sp³-hybridized carbons (Fsp3) is 0.600. The molecule has 0 unspecified atom stereocenters. The number of nitrogens with one attached hydrogen (secondary N) is 2. The zero-order valence-corrected chi connectivity index (χ0v) is 10.3. The van der Waals surface area contributed by atoms with Gasteiger partial charge in [0.1, 0.15) is 0 Å². The summed E-state index contributed by atoms with van der Waals surface area (Å²) in [6.45, 7) is 4.13. The third-order valence-corrected chi connectivity index (χ3v) is 2.05. The highest BCUT2D eigenvalue weighted by molar-refractivity contribution is 5.92. The summed E-state index contributed by atoms with van der Waals surface area (Å²) in [7, 11) is 1.66. The normalized spacial score (nSPS) is 11.6. The van der Waals surface area contributed by atoms with Gasteiger partial charge < -0.3 is 10.1 Å². The van der Waals surface area contributed by atoms with Crippen molar-refractivity contribution in [3.05, 3.63) is 12.4 Å². The molecule has 96 valence electrons. The van der Waals surface area contributed by atoms with E-state index in [1.54, 1.807) is 18.0 Å². The highest BCUT2D eigenvalue weighted by Crippen LogP contribution is 2.04. The number of anilines is 1. The van der Waals surface area contributed by atoms with E-state index in [9.17, 15) is 0 Å². The first kappa shape index (κ1) is 13.5. The maximum absolute atomic E-state index is 5.36. The lowest BCUT2D eigenvalue weighted by Gasteiger charge is -2.06. The summed E-state index contributed by atoms with van der Waals surface area (Å²) >= 11 is 0. The number of ether oxygens (including phenoxy) is 1. The molecule has 0 radical (unpaired) electrons. The van der Waals surface area contributed by atoms with Crippen molar-refractivity contribution in [2.24, 2.45) is 10.8 Å². The average molecular weight is 240 g/mol. The molecule has 0 bridgehead atoms. The predicted molar refractivity (Wildman–Crippen MR) is 67.6 cm³/mol. The van der Waals surface area contributed by atoms with Gasteiger partial charge in [-0.2, -0.15) is 5.10 Å². The molecule has 1 aromatic rings. The van der Waals surface area contributed by atoms with E-state index in [1.165, 1.54) is 0 Å². The molecule has 17 heavy (non-hydrogen) atoms. The molecule has 4 N–H and O–H groups in total. The molecular weight excluding hydrogens is 220 g/mol. The Morgan fingerprint density at radius 3 is 3.12 bits per heavy atom. The Bertz CT molecular complexity index is 348. The Labute approximate surface area is 101 Å². The maximum Gasteiger partial charge on any atom is 0.210 e. The summed E-state index contributed by atoms with van der Waals surface area (Å²) in [4.78, 5) is 4.24. The lowest BCUT2D eigenvalue weighted by Crippen LogP contribution is -2.36. The van der Waals surface area contributed by atoms with Crippen molar-refractivity contribution in [1.29, 1.82) is 0 Å². The van der Waals surface area contributed by atoms with Gasteiger partial charge in [-0.15, -0.1) is 0 Å². The van der Waals surface area contributed by atoms with Gasteiger partial charge in [0.2, 0.25) is 5.96 Å². The van der Waals surface area contributed by atoms with Crippen molar-refractivity contribution in [2.45, 2.75) is 19.9 Å². The number of hydrazine groups is 1. The number of nitrogens with two attached hydrogens (primary N) is 1. The molecule has 0 spiro atoms. The van der Waals surface area contributed by atoms with E-state index < -0.39 is 0 Å². The Morgan fingerprint density at radius 1 is 1.65 bits per heavy atom. The first-order valence-electron chi connectivity index (χ1n) is 5.59. The smallest absolute Gasteiger partial charge is 0.210 e. The number of nitrogens with zero attached hydrogens (tertiary/aromatic N) is 3. The number of rotatable bonds is 6. The molecule has 0 aromatic carbocycles. The van der Waals surface area contributed by atoms with Crippen LogP contribution in [-0.2, 0) is 11.3 Å². The van der Waals surface area contributed by atoms with E-state index in [-0.39, 0.29) is 0 Å². The molecule has 1 rings (SSSR count). The molecule has 0 saturated carbocycles. The van der Waals surface area contributed by atoms with Crippen LogP contribution in [0.4, 0.5) is 5.69 Å². The molecule has 0 amide bonds. The third-order valence-electron chi connectivity index (χ3n) is 2.05. The van der Waals surface area contributed by atoms with Gasteiger partial charge in [-0.05, 0) is 6.42 Å². The maximum atomic E-state index is 5.36. The molecule has 1 heterocycles. The Hall–Kier alpha value is -1.60. The molecule has 0 aliphatic carbocycles. The van der Waals surface area contributed by atoms with Gasteiger partial charge in [-0.25, -0.2) is 5.84 Å². The van der Waals surface area contributed by atoms with Crippen LogP contribution in [0.3, 0.4) is 0 Å². The van der Waals surface area contributed by atoms with Crippen molar-refractivity contribution in [2.75, 3.05) is 25.6 Å². The van der Waals surface area contributed by atoms with Gasteiger partial charge >= 0.3 is 0 Å². The highest BCUT2D eigenvalue weighted by Gasteiger charge is 2.01. The van der Waals surface area contributed by atoms with Crippen LogP contribution >= 0.6 is 0 Å². The number of methoxy groups -OCH3 is 1. The van der Waals surface area contributed by atoms with E-state index in [2.05, 4.69) is 27.8 Å². The number of aliphatic imine (C=N–C) groups is 1. The van der Waals surface area contributed by atoms with Gasteiger partial charge in [0.05, 0.1) is 25.0 Å². The minimum atomic E-state index is 0.540. The van der Waals surface area contributed by atoms with Gasteiger partial charge in [-0.1, -0.05) is 6.92 Å². The Balaban J connectivity index is 2.52. The lowest BCUT2D eigenvalue weighted by molar-refractivity contribution is 0.183. The molecule has 0 fully saturated rings. The second-order valence-corrected chi connectivity index (χ2v) is 3.48. The zero-order chi connectivity index (χ0) is 12.5. The topological polar surface area (TPSA) is 89.5 Å². The van der Waals surface area contributed by atoms with Crippen molar-refractivity contribution >= 4 is 11.6 Å². The highest BCUT2D eigenvalue weighted by atomic mass is 16.5. The monoisotopic (exact) mass is 240 g/mol. The summed E-state index contributed by atoms with van der Waals surface area (Å²) < 4.78 is 6.76. The number of guanidine groups is 1. The largest absolute Gasteiger partial charge is 0.383 e. The molecular formula is C10H20N6O. The van der Waals surface area contributed by atoms with Crippen LogP contribution in [0.2, 0.25) is 0 Å². The zero-order valence-electron chi connectivity index (χ0n) is 10.3.